The minimum atomic E-state index is -4.27. The molecule has 0 radical (unpaired) electrons. The van der Waals surface area contributed by atoms with Gasteiger partial charge in [-0.25, -0.2) is 8.42 Å². The summed E-state index contributed by atoms with van der Waals surface area (Å²) in [6.07, 6.45) is 0. The highest BCUT2D eigenvalue weighted by atomic mass is 35.5. The van der Waals surface area contributed by atoms with Crippen molar-refractivity contribution in [2.24, 2.45) is 0 Å². The Labute approximate surface area is 252 Å². The maximum Gasteiger partial charge on any atom is 0.264 e. The molecular formula is C30H35Cl2N3O5S. The minimum Gasteiger partial charge on any atom is -0.497 e. The number of methoxy groups -OCH3 is 1. The number of carbonyl (C=O) groups is 2. The molecule has 11 heteroatoms. The number of benzene rings is 3. The number of ether oxygens (including phenoxy) is 1. The van der Waals surface area contributed by atoms with Crippen molar-refractivity contribution < 1.29 is 22.7 Å². The Bertz CT molecular complexity index is 1510. The standard InChI is InChI=1S/C30H35Cl2N3O5S/c1-20-13-15-24(16-14-20)41(38,39)35(26-12-8-11-25(31)28(26)32)19-27(36)34(21(2)29(37)33-30(3,4)5)18-22-9-7-10-23(17-22)40-6/h7-17,21H,18-19H2,1-6H3,(H,33,37)/t21-/m0/s1. The van der Waals surface area contributed by atoms with Gasteiger partial charge in [-0.15, -0.1) is 0 Å². The highest BCUT2D eigenvalue weighted by Gasteiger charge is 2.34. The number of amides is 2. The number of anilines is 1. The van der Waals surface area contributed by atoms with Gasteiger partial charge < -0.3 is 15.0 Å². The number of hydrogen-bond acceptors (Lipinski definition) is 5. The Balaban J connectivity index is 2.09. The molecule has 3 aromatic carbocycles. The molecule has 3 rings (SSSR count). The molecule has 8 nitrogen and oxygen atoms in total. The van der Waals surface area contributed by atoms with E-state index in [1.165, 1.54) is 36.3 Å². The van der Waals surface area contributed by atoms with Crippen molar-refractivity contribution in [3.63, 3.8) is 0 Å². The minimum absolute atomic E-state index is 0.0180. The number of sulfonamides is 1. The molecule has 2 amide bonds. The van der Waals surface area contributed by atoms with Gasteiger partial charge in [0.2, 0.25) is 11.8 Å². The van der Waals surface area contributed by atoms with Crippen LogP contribution in [0.5, 0.6) is 5.75 Å². The fourth-order valence-electron chi connectivity index (χ4n) is 4.06. The Morgan fingerprint density at radius 1 is 1.00 bits per heavy atom. The zero-order valence-electron chi connectivity index (χ0n) is 23.9. The maximum atomic E-state index is 14.1. The number of rotatable bonds is 10. The van der Waals surface area contributed by atoms with E-state index in [1.54, 1.807) is 49.4 Å². The van der Waals surface area contributed by atoms with Crippen LogP contribution in [0.2, 0.25) is 10.0 Å². The summed E-state index contributed by atoms with van der Waals surface area (Å²) in [7, 11) is -2.74. The molecule has 0 bridgehead atoms. The summed E-state index contributed by atoms with van der Waals surface area (Å²) in [5, 5.41) is 3.01. The van der Waals surface area contributed by atoms with Crippen LogP contribution in [0.1, 0.15) is 38.8 Å². The maximum absolute atomic E-state index is 14.1. The van der Waals surface area contributed by atoms with Crippen LogP contribution < -0.4 is 14.4 Å². The zero-order valence-corrected chi connectivity index (χ0v) is 26.3. The van der Waals surface area contributed by atoms with Crippen molar-refractivity contribution in [3.8, 4) is 5.75 Å². The highest BCUT2D eigenvalue weighted by molar-refractivity contribution is 7.92. The molecule has 1 atom stereocenters. The number of nitrogens with zero attached hydrogens (tertiary/aromatic N) is 2. The lowest BCUT2D eigenvalue weighted by molar-refractivity contribution is -0.140. The third kappa shape index (κ3) is 8.15. The third-order valence-electron chi connectivity index (χ3n) is 6.24. The van der Waals surface area contributed by atoms with E-state index >= 15 is 0 Å². The quantitative estimate of drug-likeness (QED) is 0.308. The lowest BCUT2D eigenvalue weighted by Crippen LogP contribution is -2.54. The topological polar surface area (TPSA) is 96.0 Å². The van der Waals surface area contributed by atoms with Crippen LogP contribution in [0.3, 0.4) is 0 Å². The number of carbonyl (C=O) groups excluding carboxylic acids is 2. The smallest absolute Gasteiger partial charge is 0.264 e. The molecule has 41 heavy (non-hydrogen) atoms. The van der Waals surface area contributed by atoms with E-state index < -0.39 is 34.1 Å². The van der Waals surface area contributed by atoms with Crippen LogP contribution >= 0.6 is 23.2 Å². The number of aryl methyl sites for hydroxylation is 1. The molecular weight excluding hydrogens is 585 g/mol. The van der Waals surface area contributed by atoms with Crippen LogP contribution in [-0.4, -0.2) is 50.4 Å². The largest absolute Gasteiger partial charge is 0.497 e. The van der Waals surface area contributed by atoms with Gasteiger partial charge in [-0.1, -0.05) is 59.1 Å². The van der Waals surface area contributed by atoms with Crippen LogP contribution in [0.4, 0.5) is 5.69 Å². The Kier molecular flexibility index (Phi) is 10.3. The number of halogens is 2. The summed E-state index contributed by atoms with van der Waals surface area (Å²) < 4.78 is 34.2. The second kappa shape index (κ2) is 13.1. The predicted octanol–water partition coefficient (Wildman–Crippen LogP) is 5.84. The third-order valence-corrected chi connectivity index (χ3v) is 8.82. The zero-order chi connectivity index (χ0) is 30.5. The van der Waals surface area contributed by atoms with Gasteiger partial charge in [-0.3, -0.25) is 13.9 Å². The van der Waals surface area contributed by atoms with E-state index in [9.17, 15) is 18.0 Å². The molecule has 0 spiro atoms. The molecule has 0 aliphatic heterocycles. The Morgan fingerprint density at radius 3 is 2.24 bits per heavy atom. The summed E-state index contributed by atoms with van der Waals surface area (Å²) >= 11 is 12.7. The fourth-order valence-corrected chi connectivity index (χ4v) is 5.93. The molecule has 0 aliphatic rings. The fraction of sp³-hybridized carbons (Fsp3) is 0.333. The van der Waals surface area contributed by atoms with Crippen LogP contribution in [-0.2, 0) is 26.2 Å². The van der Waals surface area contributed by atoms with Crippen molar-refractivity contribution in [1.82, 2.24) is 10.2 Å². The van der Waals surface area contributed by atoms with E-state index in [4.69, 9.17) is 27.9 Å². The second-order valence-corrected chi connectivity index (χ2v) is 13.3. The van der Waals surface area contributed by atoms with Gasteiger partial charge in [0.15, 0.2) is 0 Å². The monoisotopic (exact) mass is 619 g/mol. The van der Waals surface area contributed by atoms with E-state index in [2.05, 4.69) is 5.32 Å². The SMILES string of the molecule is COc1cccc(CN(C(=O)CN(c2cccc(Cl)c2Cl)S(=O)(=O)c2ccc(C)cc2)[C@@H](C)C(=O)NC(C)(C)C)c1. The second-order valence-electron chi connectivity index (χ2n) is 10.7. The van der Waals surface area contributed by atoms with Gasteiger partial charge in [0, 0.05) is 12.1 Å². The van der Waals surface area contributed by atoms with Crippen LogP contribution in [0, 0.1) is 6.92 Å². The first-order valence-electron chi connectivity index (χ1n) is 12.9. The molecule has 3 aromatic rings. The predicted molar refractivity (Wildman–Crippen MR) is 163 cm³/mol. The van der Waals surface area contributed by atoms with E-state index in [-0.39, 0.29) is 33.1 Å². The Hall–Kier alpha value is -3.27. The number of nitrogens with one attached hydrogen (secondary N) is 1. The summed E-state index contributed by atoms with van der Waals surface area (Å²) in [4.78, 5) is 28.6. The van der Waals surface area contributed by atoms with Gasteiger partial charge in [0.25, 0.3) is 10.0 Å². The molecule has 0 saturated carbocycles. The normalized spacial score (nSPS) is 12.4. The molecule has 0 heterocycles. The molecule has 220 valence electrons. The van der Waals surface area contributed by atoms with E-state index in [1.807, 2.05) is 27.7 Å². The number of hydrogen-bond donors (Lipinski definition) is 1. The van der Waals surface area contributed by atoms with Gasteiger partial charge >= 0.3 is 0 Å². The molecule has 0 saturated heterocycles. The van der Waals surface area contributed by atoms with Crippen LogP contribution in [0.25, 0.3) is 0 Å². The summed E-state index contributed by atoms with van der Waals surface area (Å²) in [5.41, 5.74) is 1.06. The first-order chi connectivity index (χ1) is 19.1. The summed E-state index contributed by atoms with van der Waals surface area (Å²) in [5.74, 6) is -0.422. The van der Waals surface area contributed by atoms with Crippen molar-refractivity contribution >= 4 is 50.7 Å². The molecule has 0 aromatic heterocycles. The summed E-state index contributed by atoms with van der Waals surface area (Å²) in [6, 6.07) is 17.0. The van der Waals surface area contributed by atoms with E-state index in [0.717, 1.165) is 9.87 Å². The first-order valence-corrected chi connectivity index (χ1v) is 15.1. The molecule has 0 fully saturated rings. The van der Waals surface area contributed by atoms with Gasteiger partial charge in [0.1, 0.15) is 18.3 Å². The summed E-state index contributed by atoms with van der Waals surface area (Å²) in [6.45, 7) is 8.34. The molecule has 0 aliphatic carbocycles. The first kappa shape index (κ1) is 32.2. The van der Waals surface area contributed by atoms with Gasteiger partial charge in [-0.2, -0.15) is 0 Å². The van der Waals surface area contributed by atoms with Crippen molar-refractivity contribution in [1.29, 1.82) is 0 Å². The van der Waals surface area contributed by atoms with Crippen LogP contribution in [0.15, 0.2) is 71.6 Å². The highest BCUT2D eigenvalue weighted by Crippen LogP contribution is 2.35. The van der Waals surface area contributed by atoms with E-state index in [0.29, 0.717) is 11.3 Å². The molecule has 0 unspecified atom stereocenters. The van der Waals surface area contributed by atoms with Crippen molar-refractivity contribution in [2.45, 2.75) is 57.6 Å². The van der Waals surface area contributed by atoms with Gasteiger partial charge in [0.05, 0.1) is 27.7 Å². The average molecular weight is 621 g/mol. The molecule has 1 N–H and O–H groups in total. The van der Waals surface area contributed by atoms with Crippen molar-refractivity contribution in [3.05, 3.63) is 87.9 Å². The lowest BCUT2D eigenvalue weighted by Gasteiger charge is -2.33. The average Bonchev–Trinajstić information content (AvgIpc) is 2.91. The Morgan fingerprint density at radius 2 is 1.63 bits per heavy atom. The van der Waals surface area contributed by atoms with Crippen molar-refractivity contribution in [2.75, 3.05) is 18.0 Å². The lowest BCUT2D eigenvalue weighted by atomic mass is 10.1. The van der Waals surface area contributed by atoms with Gasteiger partial charge in [-0.05, 0) is 76.6 Å².